The first-order valence-corrected chi connectivity index (χ1v) is 9.09. The third-order valence-corrected chi connectivity index (χ3v) is 4.90. The molecular weight excluding hydrogens is 348 g/mol. The molecule has 0 amide bonds. The van der Waals surface area contributed by atoms with E-state index >= 15 is 0 Å². The summed E-state index contributed by atoms with van der Waals surface area (Å²) in [6, 6.07) is 17.0. The zero-order chi connectivity index (χ0) is 18.1. The SMILES string of the molecule is CCOc1ccccc1-c1csc2nc(-c3ccccc3)c(C(=O)O)n12. The maximum absolute atomic E-state index is 12.1. The number of thiazole rings is 1. The Bertz CT molecular complexity index is 1080. The van der Waals surface area contributed by atoms with Crippen LogP contribution in [0.15, 0.2) is 60.0 Å². The Morgan fingerprint density at radius 2 is 1.88 bits per heavy atom. The second-order valence-electron chi connectivity index (χ2n) is 5.65. The van der Waals surface area contributed by atoms with E-state index in [4.69, 9.17) is 4.74 Å². The first kappa shape index (κ1) is 16.4. The van der Waals surface area contributed by atoms with Gasteiger partial charge in [-0.05, 0) is 19.1 Å². The molecule has 0 unspecified atom stereocenters. The molecule has 1 N–H and O–H groups in total. The van der Waals surface area contributed by atoms with Crippen molar-refractivity contribution in [3.05, 3.63) is 65.7 Å². The van der Waals surface area contributed by atoms with Gasteiger partial charge in [-0.15, -0.1) is 11.3 Å². The van der Waals surface area contributed by atoms with Gasteiger partial charge < -0.3 is 9.84 Å². The van der Waals surface area contributed by atoms with Gasteiger partial charge in [0.1, 0.15) is 11.4 Å². The number of hydrogen-bond donors (Lipinski definition) is 1. The molecule has 2 heterocycles. The Morgan fingerprint density at radius 3 is 2.62 bits per heavy atom. The van der Waals surface area contributed by atoms with Gasteiger partial charge in [0.2, 0.25) is 0 Å². The maximum atomic E-state index is 12.1. The maximum Gasteiger partial charge on any atom is 0.355 e. The summed E-state index contributed by atoms with van der Waals surface area (Å²) in [5.74, 6) is -0.286. The van der Waals surface area contributed by atoms with Gasteiger partial charge >= 0.3 is 5.97 Å². The Balaban J connectivity index is 1.99. The minimum atomic E-state index is -1.01. The number of carboxylic acid groups (broad SMARTS) is 1. The summed E-state index contributed by atoms with van der Waals surface area (Å²) in [7, 11) is 0. The number of imidazole rings is 1. The fourth-order valence-corrected chi connectivity index (χ4v) is 3.89. The molecule has 0 radical (unpaired) electrons. The molecule has 2 aromatic carbocycles. The molecule has 0 bridgehead atoms. The number of rotatable bonds is 5. The van der Waals surface area contributed by atoms with Crippen molar-refractivity contribution in [2.24, 2.45) is 0 Å². The molecule has 0 saturated heterocycles. The normalized spacial score (nSPS) is 11.0. The zero-order valence-electron chi connectivity index (χ0n) is 14.0. The number of nitrogens with zero attached hydrogens (tertiary/aromatic N) is 2. The van der Waals surface area contributed by atoms with Crippen molar-refractivity contribution in [2.45, 2.75) is 6.92 Å². The number of aromatic nitrogens is 2. The first-order valence-electron chi connectivity index (χ1n) is 8.21. The number of carboxylic acids is 1. The molecule has 0 aliphatic rings. The Labute approximate surface area is 154 Å². The summed E-state index contributed by atoms with van der Waals surface area (Å²) in [4.78, 5) is 17.3. The highest BCUT2D eigenvalue weighted by molar-refractivity contribution is 7.15. The lowest BCUT2D eigenvalue weighted by atomic mass is 10.1. The smallest absolute Gasteiger partial charge is 0.355 e. The van der Waals surface area contributed by atoms with E-state index in [0.29, 0.717) is 17.3 Å². The van der Waals surface area contributed by atoms with Crippen LogP contribution < -0.4 is 4.74 Å². The third-order valence-electron chi connectivity index (χ3n) is 4.08. The van der Waals surface area contributed by atoms with Crippen LogP contribution in [0, 0.1) is 0 Å². The first-order chi connectivity index (χ1) is 12.7. The van der Waals surface area contributed by atoms with E-state index in [0.717, 1.165) is 22.6 Å². The van der Waals surface area contributed by atoms with Gasteiger partial charge in [0, 0.05) is 16.5 Å². The number of para-hydroxylation sites is 1. The van der Waals surface area contributed by atoms with Crippen molar-refractivity contribution in [3.63, 3.8) is 0 Å². The summed E-state index contributed by atoms with van der Waals surface area (Å²) < 4.78 is 7.43. The molecule has 26 heavy (non-hydrogen) atoms. The van der Waals surface area contributed by atoms with Crippen molar-refractivity contribution in [3.8, 4) is 28.3 Å². The molecule has 0 spiro atoms. The highest BCUT2D eigenvalue weighted by Crippen LogP contribution is 2.36. The van der Waals surface area contributed by atoms with Gasteiger partial charge in [0.25, 0.3) is 0 Å². The van der Waals surface area contributed by atoms with Crippen LogP contribution in [0.1, 0.15) is 17.4 Å². The second-order valence-corrected chi connectivity index (χ2v) is 6.48. The van der Waals surface area contributed by atoms with Crippen LogP contribution in [0.2, 0.25) is 0 Å². The number of ether oxygens (including phenoxy) is 1. The fraction of sp³-hybridized carbons (Fsp3) is 0.100. The van der Waals surface area contributed by atoms with Gasteiger partial charge in [-0.1, -0.05) is 42.5 Å². The van der Waals surface area contributed by atoms with Crippen LogP contribution in [0.25, 0.3) is 27.5 Å². The average Bonchev–Trinajstić information content (AvgIpc) is 3.22. The van der Waals surface area contributed by atoms with Crippen molar-refractivity contribution >= 4 is 22.3 Å². The van der Waals surface area contributed by atoms with Crippen molar-refractivity contribution in [2.75, 3.05) is 6.61 Å². The van der Waals surface area contributed by atoms with Crippen LogP contribution >= 0.6 is 11.3 Å². The van der Waals surface area contributed by atoms with Crippen LogP contribution in [-0.2, 0) is 0 Å². The zero-order valence-corrected chi connectivity index (χ0v) is 14.9. The molecule has 0 aliphatic carbocycles. The van der Waals surface area contributed by atoms with E-state index in [2.05, 4.69) is 4.98 Å². The van der Waals surface area contributed by atoms with Crippen molar-refractivity contribution in [1.29, 1.82) is 0 Å². The van der Waals surface area contributed by atoms with Crippen LogP contribution in [0.4, 0.5) is 0 Å². The Kier molecular flexibility index (Phi) is 4.18. The van der Waals surface area contributed by atoms with Crippen LogP contribution in [0.5, 0.6) is 5.75 Å². The summed E-state index contributed by atoms with van der Waals surface area (Å²) in [5, 5.41) is 11.8. The molecular formula is C20H16N2O3S. The largest absolute Gasteiger partial charge is 0.493 e. The number of carbonyl (C=O) groups is 1. The van der Waals surface area contributed by atoms with E-state index in [1.807, 2.05) is 66.9 Å². The summed E-state index contributed by atoms with van der Waals surface area (Å²) in [6.45, 7) is 2.46. The van der Waals surface area contributed by atoms with Gasteiger partial charge in [-0.2, -0.15) is 0 Å². The molecule has 0 fully saturated rings. The molecule has 130 valence electrons. The molecule has 6 heteroatoms. The fourth-order valence-electron chi connectivity index (χ4n) is 3.00. The minimum absolute atomic E-state index is 0.161. The molecule has 4 aromatic rings. The quantitative estimate of drug-likeness (QED) is 0.551. The lowest BCUT2D eigenvalue weighted by Crippen LogP contribution is -2.05. The lowest BCUT2D eigenvalue weighted by Gasteiger charge is -2.10. The number of benzene rings is 2. The van der Waals surface area contributed by atoms with E-state index in [1.165, 1.54) is 11.3 Å². The van der Waals surface area contributed by atoms with Crippen molar-refractivity contribution < 1.29 is 14.6 Å². The predicted octanol–water partition coefficient (Wildman–Crippen LogP) is 4.83. The minimum Gasteiger partial charge on any atom is -0.493 e. The van der Waals surface area contributed by atoms with E-state index in [-0.39, 0.29) is 5.69 Å². The average molecular weight is 364 g/mol. The van der Waals surface area contributed by atoms with Crippen LogP contribution in [0.3, 0.4) is 0 Å². The topological polar surface area (TPSA) is 63.8 Å². The second kappa shape index (κ2) is 6.65. The van der Waals surface area contributed by atoms with Gasteiger partial charge in [-0.3, -0.25) is 4.40 Å². The van der Waals surface area contributed by atoms with Gasteiger partial charge in [0.05, 0.1) is 12.3 Å². The Morgan fingerprint density at radius 1 is 1.15 bits per heavy atom. The number of fused-ring (bicyclic) bond motifs is 1. The monoisotopic (exact) mass is 364 g/mol. The molecule has 2 aromatic heterocycles. The molecule has 0 aliphatic heterocycles. The number of hydrogen-bond acceptors (Lipinski definition) is 4. The summed E-state index contributed by atoms with van der Waals surface area (Å²) in [5.41, 5.74) is 3.03. The predicted molar refractivity (Wildman–Crippen MR) is 102 cm³/mol. The molecule has 4 rings (SSSR count). The van der Waals surface area contributed by atoms with Crippen LogP contribution in [-0.4, -0.2) is 27.1 Å². The lowest BCUT2D eigenvalue weighted by molar-refractivity contribution is 0.0690. The van der Waals surface area contributed by atoms with Gasteiger partial charge in [0.15, 0.2) is 10.7 Å². The molecule has 5 nitrogen and oxygen atoms in total. The summed E-state index contributed by atoms with van der Waals surface area (Å²) >= 11 is 1.42. The standard InChI is InChI=1S/C20H16N2O3S/c1-2-25-16-11-7-6-10-14(16)15-12-26-20-21-17(13-8-4-3-5-9-13)18(19(23)24)22(15)20/h3-12H,2H2,1H3,(H,23,24). The van der Waals surface area contributed by atoms with Crippen molar-refractivity contribution in [1.82, 2.24) is 9.38 Å². The van der Waals surface area contributed by atoms with E-state index in [9.17, 15) is 9.90 Å². The van der Waals surface area contributed by atoms with E-state index in [1.54, 1.807) is 4.40 Å². The van der Waals surface area contributed by atoms with E-state index < -0.39 is 5.97 Å². The third kappa shape index (κ3) is 2.64. The molecule has 0 saturated carbocycles. The highest BCUT2D eigenvalue weighted by atomic mass is 32.1. The number of aromatic carboxylic acids is 1. The van der Waals surface area contributed by atoms with Gasteiger partial charge in [-0.25, -0.2) is 9.78 Å². The highest BCUT2D eigenvalue weighted by Gasteiger charge is 2.24. The summed E-state index contributed by atoms with van der Waals surface area (Å²) in [6.07, 6.45) is 0. The Hall–Kier alpha value is -3.12. The molecule has 0 atom stereocenters.